The zero-order chi connectivity index (χ0) is 79.6. The molecule has 3 aliphatic rings. The number of imidazole rings is 1. The monoisotopic (exact) mass is 1560 g/mol. The number of aromatic amines is 2. The third-order valence-electron chi connectivity index (χ3n) is 18.7. The average Bonchev–Trinajstić information content (AvgIpc) is 1.61. The standard InChI is InChI=1S/C71H94N20O17S2/c1-38(92)81-53-35-109-110-36-54(69(107)91-26-10-18-56(91)70(108)90-25-9-17-55(90)68(106)85-46(15-6-7-23-72)62(100)86-49(60(73)98)31-59(96)97)82-57(93)34-79-61(99)51(29-42-32-78-45-14-5-4-13-44(42)45)88-63(101)47(16-8-24-77-71(74)75)83-65(103)50(28-39-19-20-40-11-2-3-12-41(40)27-39)87-66(104)52(30-43-33-76-37-80-43)89-64(102)48(84-67(53)105)21-22-58(94)95/h2-5,11-14,19-20,27,32-33,37,46-56,78H,6-10,15-18,21-26,28-31,34-36,72H2,1H3,(H2,73,98)(H,76,80)(H,79,99)(H,81,92)(H,82,93)(H,83,103)(H,84,105)(H,85,106)(H,86,100)(H,87,104)(H,88,101)(H,89,102)(H,94,95)(H,96,97)(H4,74,75,77)/t46-,47+,48-,49-,50+,51+,52-,53-,54+,55-,56-/m0/s1. The van der Waals surface area contributed by atoms with E-state index in [-0.39, 0.29) is 101 Å². The Hall–Kier alpha value is -11.4. The molecule has 22 N–H and O–H groups in total. The van der Waals surface area contributed by atoms with Crippen LogP contribution in [-0.4, -0.2) is 240 Å². The van der Waals surface area contributed by atoms with Crippen LogP contribution >= 0.6 is 21.6 Å². The van der Waals surface area contributed by atoms with Crippen molar-refractivity contribution in [1.29, 1.82) is 5.41 Å². The summed E-state index contributed by atoms with van der Waals surface area (Å²) in [4.78, 5) is 223. The first-order valence-corrected chi connectivity index (χ1v) is 38.5. The molecule has 110 heavy (non-hydrogen) atoms. The molecule has 5 aromatic rings. The number of nitrogens with zero attached hydrogens (tertiary/aromatic N) is 3. The third kappa shape index (κ3) is 24.8. The molecule has 0 radical (unpaired) electrons. The molecular weight excluding hydrogens is 1470 g/mol. The molecule has 592 valence electrons. The van der Waals surface area contributed by atoms with E-state index < -0.39 is 187 Å². The van der Waals surface area contributed by atoms with E-state index in [4.69, 9.17) is 22.6 Å². The van der Waals surface area contributed by atoms with E-state index >= 15 is 19.2 Å². The molecular formula is C71H94N20O17S2. The van der Waals surface area contributed by atoms with E-state index in [1.807, 2.05) is 18.2 Å². The number of carbonyl (C=O) groups excluding carboxylic acids is 13. The van der Waals surface area contributed by atoms with Gasteiger partial charge in [0.05, 0.1) is 25.0 Å². The number of aromatic nitrogens is 3. The van der Waals surface area contributed by atoms with Crippen LogP contribution in [0.1, 0.15) is 101 Å². The number of carboxylic acids is 2. The van der Waals surface area contributed by atoms with Gasteiger partial charge in [0.25, 0.3) is 0 Å². The van der Waals surface area contributed by atoms with Gasteiger partial charge in [-0.05, 0) is 98.7 Å². The maximum absolute atomic E-state index is 15.2. The molecule has 8 rings (SSSR count). The quantitative estimate of drug-likeness (QED) is 0.0109. The molecule has 5 heterocycles. The number of rotatable bonds is 27. The smallest absolute Gasteiger partial charge is 0.305 e. The Balaban J connectivity index is 1.13. The van der Waals surface area contributed by atoms with Gasteiger partial charge in [0, 0.05) is 87.0 Å². The van der Waals surface area contributed by atoms with E-state index in [1.165, 1.54) is 22.3 Å². The number of H-pyrrole nitrogens is 2. The maximum Gasteiger partial charge on any atom is 0.305 e. The number of fused-ring (bicyclic) bond motifs is 2. The van der Waals surface area contributed by atoms with E-state index in [1.54, 1.807) is 54.7 Å². The summed E-state index contributed by atoms with van der Waals surface area (Å²) in [5.41, 5.74) is 18.7. The Bertz CT molecular complexity index is 4180. The second-order valence-electron chi connectivity index (χ2n) is 26.9. The fraction of sp³-hybridized carbons (Fsp3) is 0.479. The molecule has 3 fully saturated rings. The molecule has 39 heteroatoms. The number of primary amides is 1. The summed E-state index contributed by atoms with van der Waals surface area (Å²) in [6, 6.07) is 3.43. The predicted octanol–water partition coefficient (Wildman–Crippen LogP) is -2.83. The van der Waals surface area contributed by atoms with Gasteiger partial charge in [-0.3, -0.25) is 77.3 Å². The number of nitrogens with two attached hydrogens (primary N) is 3. The van der Waals surface area contributed by atoms with Crippen LogP contribution in [0.25, 0.3) is 21.7 Å². The van der Waals surface area contributed by atoms with Crippen LogP contribution in [0.3, 0.4) is 0 Å². The number of aliphatic carboxylic acids is 2. The molecule has 3 aromatic carbocycles. The highest BCUT2D eigenvalue weighted by Crippen LogP contribution is 2.29. The first kappa shape index (κ1) is 84.3. The van der Waals surface area contributed by atoms with Crippen molar-refractivity contribution in [2.75, 3.05) is 44.2 Å². The number of carboxylic acid groups (broad SMARTS) is 2. The zero-order valence-electron chi connectivity index (χ0n) is 60.4. The number of hydrogen-bond donors (Lipinski definition) is 19. The second-order valence-corrected chi connectivity index (χ2v) is 29.4. The van der Waals surface area contributed by atoms with Crippen molar-refractivity contribution in [1.82, 2.24) is 83.2 Å². The fourth-order valence-corrected chi connectivity index (χ4v) is 15.4. The van der Waals surface area contributed by atoms with Gasteiger partial charge in [0.1, 0.15) is 66.5 Å². The summed E-state index contributed by atoms with van der Waals surface area (Å²) in [7, 11) is 1.84. The van der Waals surface area contributed by atoms with Gasteiger partial charge in [0.15, 0.2) is 5.96 Å². The number of carbonyl (C=O) groups is 15. The van der Waals surface area contributed by atoms with Gasteiger partial charge in [-0.25, -0.2) is 4.98 Å². The number of likely N-dealkylation sites (tertiary alicyclic amines) is 2. The topological polar surface area (TPSA) is 582 Å². The van der Waals surface area contributed by atoms with Crippen molar-refractivity contribution < 1.29 is 82.1 Å². The molecule has 3 saturated heterocycles. The van der Waals surface area contributed by atoms with Gasteiger partial charge in [-0.2, -0.15) is 0 Å². The first-order chi connectivity index (χ1) is 52.7. The van der Waals surface area contributed by atoms with Crippen molar-refractivity contribution in [2.45, 2.75) is 170 Å². The SMILES string of the molecule is CC(=O)N[C@H]1CSSC[C@H](C(=O)N2CCC[C@H]2C(=O)N2CCC[C@H]2C(=O)N[C@@H](CCCCN)C(=O)N[C@@H](CC(=O)O)C(N)=O)NC(=O)CNC(=O)[C@@H](Cc2c[nH]c3ccccc23)NC(=O)[C@@H](CCCNC(=N)N)NC(=O)[C@@H](Cc2ccc3ccccc3c2)NC(=O)[C@H](Cc2c[nH]cn2)NC(=O)[C@H](CCC(=O)O)NC1=O. The van der Waals surface area contributed by atoms with Crippen LogP contribution in [0, 0.1) is 5.41 Å². The van der Waals surface area contributed by atoms with Crippen LogP contribution in [0.4, 0.5) is 0 Å². The van der Waals surface area contributed by atoms with Crippen LogP contribution < -0.4 is 75.7 Å². The largest absolute Gasteiger partial charge is 0.481 e. The number of para-hydroxylation sites is 1. The lowest BCUT2D eigenvalue weighted by Crippen LogP contribution is -2.61. The van der Waals surface area contributed by atoms with Crippen molar-refractivity contribution in [3.05, 3.63) is 102 Å². The lowest BCUT2D eigenvalue weighted by Gasteiger charge is -2.33. The lowest BCUT2D eigenvalue weighted by molar-refractivity contribution is -0.148. The number of hydrogen-bond acceptors (Lipinski definition) is 20. The van der Waals surface area contributed by atoms with Crippen molar-refractivity contribution in [3.63, 3.8) is 0 Å². The molecule has 0 saturated carbocycles. The number of amides is 13. The van der Waals surface area contributed by atoms with Crippen molar-refractivity contribution in [3.8, 4) is 0 Å². The normalized spacial score (nSPS) is 22.2. The second kappa shape index (κ2) is 41.3. The van der Waals surface area contributed by atoms with E-state index in [0.29, 0.717) is 41.3 Å². The predicted molar refractivity (Wildman–Crippen MR) is 403 cm³/mol. The molecule has 13 amide bonds. The van der Waals surface area contributed by atoms with Crippen molar-refractivity contribution in [2.24, 2.45) is 17.2 Å². The summed E-state index contributed by atoms with van der Waals surface area (Å²) >= 11 is 0. The number of nitrogens with one attached hydrogen (secondary N) is 14. The molecule has 37 nitrogen and oxygen atoms in total. The summed E-state index contributed by atoms with van der Waals surface area (Å²) in [5, 5.41) is 58.1. The zero-order valence-corrected chi connectivity index (χ0v) is 62.0. The van der Waals surface area contributed by atoms with Crippen LogP contribution in [0.2, 0.25) is 0 Å². The van der Waals surface area contributed by atoms with E-state index in [9.17, 15) is 63.0 Å². The number of guanidine groups is 1. The Kier molecular flexibility index (Phi) is 31.6. The summed E-state index contributed by atoms with van der Waals surface area (Å²) in [5.74, 6) is -15.6. The molecule has 0 aliphatic carbocycles. The highest BCUT2D eigenvalue weighted by atomic mass is 33.1. The molecule has 0 spiro atoms. The lowest BCUT2D eigenvalue weighted by atomic mass is 9.99. The van der Waals surface area contributed by atoms with Gasteiger partial charge < -0.3 is 106 Å². The van der Waals surface area contributed by atoms with Crippen molar-refractivity contribution >= 4 is 138 Å². The Morgan fingerprint density at radius 2 is 1.28 bits per heavy atom. The summed E-state index contributed by atoms with van der Waals surface area (Å²) in [6.07, 6.45) is 2.89. The number of benzene rings is 3. The highest BCUT2D eigenvalue weighted by molar-refractivity contribution is 8.76. The maximum atomic E-state index is 15.2. The van der Waals surface area contributed by atoms with Gasteiger partial charge in [0.2, 0.25) is 76.8 Å². The summed E-state index contributed by atoms with van der Waals surface area (Å²) < 4.78 is 0. The minimum Gasteiger partial charge on any atom is -0.481 e. The molecule has 11 atom stereocenters. The van der Waals surface area contributed by atoms with Gasteiger partial charge >= 0.3 is 11.9 Å². The minimum atomic E-state index is -1.71. The first-order valence-electron chi connectivity index (χ1n) is 36.0. The Morgan fingerprint density at radius 1 is 0.655 bits per heavy atom. The molecule has 2 aromatic heterocycles. The average molecular weight is 1560 g/mol. The fourth-order valence-electron chi connectivity index (χ4n) is 13.1. The van der Waals surface area contributed by atoms with Crippen LogP contribution in [-0.2, 0) is 91.2 Å². The van der Waals surface area contributed by atoms with Gasteiger partial charge in [-0.1, -0.05) is 82.3 Å². The Labute approximate surface area is 639 Å². The Morgan fingerprint density at radius 3 is 1.95 bits per heavy atom. The van der Waals surface area contributed by atoms with E-state index in [2.05, 4.69) is 73.4 Å². The minimum absolute atomic E-state index is 0.000714. The van der Waals surface area contributed by atoms with E-state index in [0.717, 1.165) is 39.3 Å². The summed E-state index contributed by atoms with van der Waals surface area (Å²) in [6.45, 7) is 0.521. The van der Waals surface area contributed by atoms with Gasteiger partial charge in [-0.15, -0.1) is 0 Å². The van der Waals surface area contributed by atoms with Crippen LogP contribution in [0.5, 0.6) is 0 Å². The highest BCUT2D eigenvalue weighted by Gasteiger charge is 2.45. The van der Waals surface area contributed by atoms with Crippen LogP contribution in [0.15, 0.2) is 85.5 Å². The molecule has 0 bridgehead atoms. The number of unbranched alkanes of at least 4 members (excludes halogenated alkanes) is 1. The molecule has 3 aliphatic heterocycles. The molecule has 0 unspecified atom stereocenters. The third-order valence-corrected chi connectivity index (χ3v) is 21.1.